The van der Waals surface area contributed by atoms with E-state index in [0.717, 1.165) is 32.7 Å². The largest absolute Gasteiger partial charge is 0.496 e. The van der Waals surface area contributed by atoms with Gasteiger partial charge in [0, 0.05) is 34.9 Å². The summed E-state index contributed by atoms with van der Waals surface area (Å²) < 4.78 is 8.27. The zero-order valence-electron chi connectivity index (χ0n) is 10.7. The van der Waals surface area contributed by atoms with E-state index in [-0.39, 0.29) is 0 Å². The Morgan fingerprint density at radius 2 is 2.17 bits per heavy atom. The molecule has 0 spiro atoms. The maximum atomic E-state index is 5.77. The van der Waals surface area contributed by atoms with E-state index in [4.69, 9.17) is 10.5 Å². The summed E-state index contributed by atoms with van der Waals surface area (Å²) >= 11 is 3.49. The predicted molar refractivity (Wildman–Crippen MR) is 75.5 cm³/mol. The van der Waals surface area contributed by atoms with Crippen LogP contribution >= 0.6 is 15.9 Å². The second-order valence-corrected chi connectivity index (χ2v) is 5.00. The maximum Gasteiger partial charge on any atom is 0.126 e. The molecule has 0 amide bonds. The molecule has 0 aliphatic heterocycles. The van der Waals surface area contributed by atoms with Crippen LogP contribution in [-0.2, 0) is 13.6 Å². The lowest BCUT2D eigenvalue weighted by molar-refractivity contribution is 0.416. The predicted octanol–water partition coefficient (Wildman–Crippen LogP) is 2.63. The summed E-state index contributed by atoms with van der Waals surface area (Å²) in [5, 5.41) is 4.43. The van der Waals surface area contributed by atoms with Gasteiger partial charge in [-0.2, -0.15) is 5.10 Å². The Morgan fingerprint density at radius 3 is 2.78 bits per heavy atom. The first-order chi connectivity index (χ1) is 8.58. The van der Waals surface area contributed by atoms with Crippen LogP contribution in [0.1, 0.15) is 11.4 Å². The standard InChI is InChI=1S/C13H16BrN3O/c1-8-13(11(7-15)16-17(8)2)10-6-9(14)4-5-12(10)18-3/h4-6H,7,15H2,1-3H3. The number of aryl methyl sites for hydroxylation is 1. The number of halogens is 1. The molecule has 0 atom stereocenters. The molecule has 2 rings (SSSR count). The zero-order chi connectivity index (χ0) is 13.3. The van der Waals surface area contributed by atoms with Crippen molar-refractivity contribution in [3.63, 3.8) is 0 Å². The molecule has 4 nitrogen and oxygen atoms in total. The van der Waals surface area contributed by atoms with Crippen LogP contribution < -0.4 is 10.5 Å². The highest BCUT2D eigenvalue weighted by atomic mass is 79.9. The van der Waals surface area contributed by atoms with Crippen LogP contribution in [0.15, 0.2) is 22.7 Å². The Morgan fingerprint density at radius 1 is 1.44 bits per heavy atom. The maximum absolute atomic E-state index is 5.77. The minimum Gasteiger partial charge on any atom is -0.496 e. The SMILES string of the molecule is COc1ccc(Br)cc1-c1c(CN)nn(C)c1C. The van der Waals surface area contributed by atoms with E-state index in [9.17, 15) is 0 Å². The molecule has 0 bridgehead atoms. The lowest BCUT2D eigenvalue weighted by Crippen LogP contribution is -2.00. The van der Waals surface area contributed by atoms with Crippen molar-refractivity contribution in [3.05, 3.63) is 34.1 Å². The average molecular weight is 310 g/mol. The summed E-state index contributed by atoms with van der Waals surface area (Å²) in [6, 6.07) is 5.92. The summed E-state index contributed by atoms with van der Waals surface area (Å²) in [6.45, 7) is 2.44. The number of benzene rings is 1. The normalized spacial score (nSPS) is 10.7. The Hall–Kier alpha value is -1.33. The molecule has 0 unspecified atom stereocenters. The molecule has 1 aromatic heterocycles. The van der Waals surface area contributed by atoms with Crippen molar-refractivity contribution in [2.75, 3.05) is 7.11 Å². The van der Waals surface area contributed by atoms with E-state index in [1.807, 2.05) is 36.9 Å². The fourth-order valence-corrected chi connectivity index (χ4v) is 2.41. The third-order valence-corrected chi connectivity index (χ3v) is 3.52. The van der Waals surface area contributed by atoms with Gasteiger partial charge in [0.25, 0.3) is 0 Å². The quantitative estimate of drug-likeness (QED) is 0.948. The first-order valence-electron chi connectivity index (χ1n) is 5.65. The molecule has 18 heavy (non-hydrogen) atoms. The van der Waals surface area contributed by atoms with Crippen LogP contribution in [0.4, 0.5) is 0 Å². The molecular formula is C13H16BrN3O. The van der Waals surface area contributed by atoms with Crippen molar-refractivity contribution in [2.45, 2.75) is 13.5 Å². The van der Waals surface area contributed by atoms with Crippen molar-refractivity contribution in [1.82, 2.24) is 9.78 Å². The molecular weight excluding hydrogens is 294 g/mol. The number of hydrogen-bond acceptors (Lipinski definition) is 3. The number of ether oxygens (including phenoxy) is 1. The lowest BCUT2D eigenvalue weighted by atomic mass is 10.0. The summed E-state index contributed by atoms with van der Waals surface area (Å²) in [6.07, 6.45) is 0. The Balaban J connectivity index is 2.71. The van der Waals surface area contributed by atoms with Gasteiger partial charge in [-0.1, -0.05) is 15.9 Å². The summed E-state index contributed by atoms with van der Waals surface area (Å²) in [7, 11) is 3.59. The number of nitrogens with zero attached hydrogens (tertiary/aromatic N) is 2. The van der Waals surface area contributed by atoms with E-state index in [2.05, 4.69) is 21.0 Å². The topological polar surface area (TPSA) is 53.1 Å². The second kappa shape index (κ2) is 5.12. The van der Waals surface area contributed by atoms with Gasteiger partial charge in [-0.3, -0.25) is 4.68 Å². The molecule has 0 saturated carbocycles. The Labute approximate surface area is 115 Å². The van der Waals surface area contributed by atoms with E-state index >= 15 is 0 Å². The third-order valence-electron chi connectivity index (χ3n) is 3.03. The van der Waals surface area contributed by atoms with Gasteiger partial charge in [-0.05, 0) is 25.1 Å². The van der Waals surface area contributed by atoms with Gasteiger partial charge < -0.3 is 10.5 Å². The van der Waals surface area contributed by atoms with E-state index < -0.39 is 0 Å². The third kappa shape index (κ3) is 2.15. The highest BCUT2D eigenvalue weighted by molar-refractivity contribution is 9.10. The van der Waals surface area contributed by atoms with Gasteiger partial charge in [-0.15, -0.1) is 0 Å². The molecule has 2 aromatic rings. The summed E-state index contributed by atoms with van der Waals surface area (Å²) in [4.78, 5) is 0. The number of nitrogens with two attached hydrogens (primary N) is 1. The Bertz CT molecular complexity index is 578. The van der Waals surface area contributed by atoms with Crippen molar-refractivity contribution in [2.24, 2.45) is 12.8 Å². The number of aromatic nitrogens is 2. The van der Waals surface area contributed by atoms with Crippen molar-refractivity contribution >= 4 is 15.9 Å². The molecule has 96 valence electrons. The molecule has 5 heteroatoms. The highest BCUT2D eigenvalue weighted by Crippen LogP contribution is 2.36. The minimum atomic E-state index is 0.409. The van der Waals surface area contributed by atoms with Crippen LogP contribution in [0.5, 0.6) is 5.75 Å². The molecule has 1 heterocycles. The van der Waals surface area contributed by atoms with Crippen molar-refractivity contribution < 1.29 is 4.74 Å². The van der Waals surface area contributed by atoms with Gasteiger partial charge in [0.15, 0.2) is 0 Å². The van der Waals surface area contributed by atoms with Gasteiger partial charge in [0.1, 0.15) is 5.75 Å². The fraction of sp³-hybridized carbons (Fsp3) is 0.308. The van der Waals surface area contributed by atoms with Crippen LogP contribution in [0.3, 0.4) is 0 Å². The van der Waals surface area contributed by atoms with E-state index in [1.54, 1.807) is 7.11 Å². The molecule has 2 N–H and O–H groups in total. The first kappa shape index (κ1) is 13.1. The Kier molecular flexibility index (Phi) is 3.73. The highest BCUT2D eigenvalue weighted by Gasteiger charge is 2.17. The van der Waals surface area contributed by atoms with Crippen LogP contribution in [-0.4, -0.2) is 16.9 Å². The molecule has 0 aliphatic carbocycles. The van der Waals surface area contributed by atoms with Gasteiger partial charge in [0.05, 0.1) is 12.8 Å². The van der Waals surface area contributed by atoms with E-state index in [0.29, 0.717) is 6.54 Å². The monoisotopic (exact) mass is 309 g/mol. The van der Waals surface area contributed by atoms with Crippen molar-refractivity contribution in [1.29, 1.82) is 0 Å². The summed E-state index contributed by atoms with van der Waals surface area (Å²) in [5.74, 6) is 0.823. The molecule has 0 fully saturated rings. The molecule has 0 aliphatic rings. The number of methoxy groups -OCH3 is 1. The van der Waals surface area contributed by atoms with Gasteiger partial charge >= 0.3 is 0 Å². The van der Waals surface area contributed by atoms with Crippen LogP contribution in [0.2, 0.25) is 0 Å². The lowest BCUT2D eigenvalue weighted by Gasteiger charge is -2.10. The fourth-order valence-electron chi connectivity index (χ4n) is 2.05. The average Bonchev–Trinajstić information content (AvgIpc) is 2.65. The molecule has 0 saturated heterocycles. The van der Waals surface area contributed by atoms with E-state index in [1.165, 1.54) is 0 Å². The van der Waals surface area contributed by atoms with Crippen LogP contribution in [0.25, 0.3) is 11.1 Å². The van der Waals surface area contributed by atoms with Crippen LogP contribution in [0, 0.1) is 6.92 Å². The van der Waals surface area contributed by atoms with Gasteiger partial charge in [-0.25, -0.2) is 0 Å². The smallest absolute Gasteiger partial charge is 0.126 e. The minimum absolute atomic E-state index is 0.409. The van der Waals surface area contributed by atoms with Crippen molar-refractivity contribution in [3.8, 4) is 16.9 Å². The van der Waals surface area contributed by atoms with Gasteiger partial charge in [0.2, 0.25) is 0 Å². The molecule has 1 aromatic carbocycles. The number of rotatable bonds is 3. The zero-order valence-corrected chi connectivity index (χ0v) is 12.3. The second-order valence-electron chi connectivity index (χ2n) is 4.08. The first-order valence-corrected chi connectivity index (χ1v) is 6.44. The molecule has 0 radical (unpaired) electrons. The number of hydrogen-bond donors (Lipinski definition) is 1. The summed E-state index contributed by atoms with van der Waals surface area (Å²) in [5.41, 5.74) is 9.79.